The van der Waals surface area contributed by atoms with Gasteiger partial charge in [-0.3, -0.25) is 0 Å². The molecule has 2 aromatic rings. The molecule has 1 aromatic carbocycles. The smallest absolute Gasteiger partial charge is 0.243 e. The summed E-state index contributed by atoms with van der Waals surface area (Å²) < 4.78 is 34.1. The second-order valence-electron chi connectivity index (χ2n) is 5.29. The summed E-state index contributed by atoms with van der Waals surface area (Å²) in [5.74, 6) is 2.16. The maximum Gasteiger partial charge on any atom is 0.243 e. The van der Waals surface area contributed by atoms with Gasteiger partial charge in [-0.15, -0.1) is 10.2 Å². The van der Waals surface area contributed by atoms with Crippen molar-refractivity contribution in [3.05, 3.63) is 35.4 Å². The number of methoxy groups -OCH3 is 1. The number of ether oxygens (including phenoxy) is 1. The number of hydrogen-bond acceptors (Lipinski definition) is 5. The molecule has 3 rings (SSSR count). The van der Waals surface area contributed by atoms with Crippen LogP contribution in [-0.2, 0) is 23.1 Å². The molecule has 0 amide bonds. The minimum Gasteiger partial charge on any atom is -0.496 e. The highest BCUT2D eigenvalue weighted by atomic mass is 32.2. The molecule has 0 fully saturated rings. The average molecular weight is 322 g/mol. The first-order valence-electron chi connectivity index (χ1n) is 6.97. The third-order valence-electron chi connectivity index (χ3n) is 3.91. The van der Waals surface area contributed by atoms with Crippen molar-refractivity contribution in [1.82, 2.24) is 19.1 Å². The number of sulfonamides is 1. The van der Waals surface area contributed by atoms with Gasteiger partial charge in [0.25, 0.3) is 0 Å². The predicted octanol–water partition coefficient (Wildman–Crippen LogP) is 1.11. The van der Waals surface area contributed by atoms with Crippen molar-refractivity contribution < 1.29 is 13.2 Å². The van der Waals surface area contributed by atoms with Crippen molar-refractivity contribution in [1.29, 1.82) is 0 Å². The van der Waals surface area contributed by atoms with Crippen molar-refractivity contribution in [2.24, 2.45) is 0 Å². The number of benzene rings is 1. The summed E-state index contributed by atoms with van der Waals surface area (Å²) in [4.78, 5) is 0.274. The molecule has 0 saturated carbocycles. The standard InChI is InChI=1S/C14H18N4O3S/c1-10-8-12(4-5-13(10)21-3)22(19,20)17-6-7-18-11(2)15-16-14(18)9-17/h4-5,8H,6-7,9H2,1-3H3. The van der Waals surface area contributed by atoms with E-state index in [2.05, 4.69) is 10.2 Å². The fraction of sp³-hybridized carbons (Fsp3) is 0.429. The van der Waals surface area contributed by atoms with Gasteiger partial charge in [0.1, 0.15) is 17.4 Å². The first-order valence-corrected chi connectivity index (χ1v) is 8.41. The molecule has 0 saturated heterocycles. The van der Waals surface area contributed by atoms with Gasteiger partial charge in [-0.2, -0.15) is 4.31 Å². The molecule has 0 atom stereocenters. The maximum absolute atomic E-state index is 12.8. The Morgan fingerprint density at radius 2 is 1.95 bits per heavy atom. The summed E-state index contributed by atoms with van der Waals surface area (Å²) in [6.07, 6.45) is 0. The molecule has 0 aliphatic carbocycles. The average Bonchev–Trinajstić information content (AvgIpc) is 2.88. The SMILES string of the molecule is COc1ccc(S(=O)(=O)N2CCn3c(C)nnc3C2)cc1C. The zero-order valence-electron chi connectivity index (χ0n) is 12.8. The molecule has 1 aromatic heterocycles. The summed E-state index contributed by atoms with van der Waals surface area (Å²) >= 11 is 0. The number of nitrogens with zero attached hydrogens (tertiary/aromatic N) is 4. The number of aromatic nitrogens is 3. The third-order valence-corrected chi connectivity index (χ3v) is 5.75. The molecule has 22 heavy (non-hydrogen) atoms. The predicted molar refractivity (Wildman–Crippen MR) is 80.1 cm³/mol. The van der Waals surface area contributed by atoms with E-state index in [1.54, 1.807) is 25.3 Å². The second-order valence-corrected chi connectivity index (χ2v) is 7.22. The highest BCUT2D eigenvalue weighted by Gasteiger charge is 2.30. The Morgan fingerprint density at radius 1 is 1.18 bits per heavy atom. The lowest BCUT2D eigenvalue weighted by Crippen LogP contribution is -2.38. The van der Waals surface area contributed by atoms with Crippen molar-refractivity contribution in [3.63, 3.8) is 0 Å². The van der Waals surface area contributed by atoms with E-state index in [9.17, 15) is 8.42 Å². The van der Waals surface area contributed by atoms with E-state index in [0.29, 0.717) is 24.7 Å². The van der Waals surface area contributed by atoms with Crippen LogP contribution in [0.15, 0.2) is 23.1 Å². The van der Waals surface area contributed by atoms with Gasteiger partial charge < -0.3 is 9.30 Å². The minimum atomic E-state index is -3.55. The van der Waals surface area contributed by atoms with E-state index < -0.39 is 10.0 Å². The van der Waals surface area contributed by atoms with Crippen LogP contribution in [0.1, 0.15) is 17.2 Å². The zero-order valence-corrected chi connectivity index (χ0v) is 13.6. The fourth-order valence-electron chi connectivity index (χ4n) is 2.65. The molecule has 0 unspecified atom stereocenters. The topological polar surface area (TPSA) is 77.3 Å². The number of aryl methyl sites for hydroxylation is 2. The lowest BCUT2D eigenvalue weighted by Gasteiger charge is -2.27. The summed E-state index contributed by atoms with van der Waals surface area (Å²) in [5.41, 5.74) is 0.791. The molecule has 0 bridgehead atoms. The van der Waals surface area contributed by atoms with Crippen LogP contribution < -0.4 is 4.74 Å². The molecule has 2 heterocycles. The second kappa shape index (κ2) is 5.36. The molecule has 7 nitrogen and oxygen atoms in total. The molecule has 0 radical (unpaired) electrons. The molecule has 0 N–H and O–H groups in total. The van der Waals surface area contributed by atoms with E-state index in [-0.39, 0.29) is 11.4 Å². The van der Waals surface area contributed by atoms with Crippen LogP contribution in [0.2, 0.25) is 0 Å². The first kappa shape index (κ1) is 15.0. The number of rotatable bonds is 3. The largest absolute Gasteiger partial charge is 0.496 e. The molecule has 118 valence electrons. The quantitative estimate of drug-likeness (QED) is 0.846. The van der Waals surface area contributed by atoms with Gasteiger partial charge in [0, 0.05) is 13.1 Å². The molecule has 8 heteroatoms. The van der Waals surface area contributed by atoms with Gasteiger partial charge >= 0.3 is 0 Å². The van der Waals surface area contributed by atoms with Gasteiger partial charge in [0.05, 0.1) is 18.6 Å². The molecule has 1 aliphatic rings. The van der Waals surface area contributed by atoms with Gasteiger partial charge in [-0.25, -0.2) is 8.42 Å². The lowest BCUT2D eigenvalue weighted by molar-refractivity contribution is 0.333. The Bertz CT molecular complexity index is 813. The fourth-order valence-corrected chi connectivity index (χ4v) is 4.12. The Hall–Kier alpha value is -1.93. The Labute approximate surface area is 129 Å². The van der Waals surface area contributed by atoms with Crippen LogP contribution in [0, 0.1) is 13.8 Å². The Morgan fingerprint density at radius 3 is 2.64 bits per heavy atom. The van der Waals surface area contributed by atoms with Crippen LogP contribution in [0.4, 0.5) is 0 Å². The van der Waals surface area contributed by atoms with Crippen LogP contribution >= 0.6 is 0 Å². The van der Waals surface area contributed by atoms with E-state index >= 15 is 0 Å². The summed E-state index contributed by atoms with van der Waals surface area (Å²) in [6.45, 7) is 4.93. The van der Waals surface area contributed by atoms with Gasteiger partial charge in [0.2, 0.25) is 10.0 Å². The monoisotopic (exact) mass is 322 g/mol. The normalized spacial score (nSPS) is 15.6. The lowest BCUT2D eigenvalue weighted by atomic mass is 10.2. The first-order chi connectivity index (χ1) is 10.4. The number of fused-ring (bicyclic) bond motifs is 1. The summed E-state index contributed by atoms with van der Waals surface area (Å²) in [7, 11) is -1.98. The van der Waals surface area contributed by atoms with Crippen molar-refractivity contribution in [2.75, 3.05) is 13.7 Å². The van der Waals surface area contributed by atoms with Crippen LogP contribution in [0.25, 0.3) is 0 Å². The van der Waals surface area contributed by atoms with Crippen molar-refractivity contribution >= 4 is 10.0 Å². The molecule has 1 aliphatic heterocycles. The third kappa shape index (κ3) is 2.38. The highest BCUT2D eigenvalue weighted by molar-refractivity contribution is 7.89. The van der Waals surface area contributed by atoms with Crippen molar-refractivity contribution in [2.45, 2.75) is 31.8 Å². The van der Waals surface area contributed by atoms with E-state index in [0.717, 1.165) is 11.4 Å². The van der Waals surface area contributed by atoms with Crippen LogP contribution in [0.3, 0.4) is 0 Å². The van der Waals surface area contributed by atoms with Crippen molar-refractivity contribution in [3.8, 4) is 5.75 Å². The molecular weight excluding hydrogens is 304 g/mol. The molecule has 0 spiro atoms. The molecular formula is C14H18N4O3S. The van der Waals surface area contributed by atoms with Gasteiger partial charge in [-0.05, 0) is 37.6 Å². The van der Waals surface area contributed by atoms with E-state index in [1.807, 2.05) is 18.4 Å². The Balaban J connectivity index is 1.92. The summed E-state index contributed by atoms with van der Waals surface area (Å²) in [5, 5.41) is 8.04. The van der Waals surface area contributed by atoms with Crippen LogP contribution in [0.5, 0.6) is 5.75 Å². The maximum atomic E-state index is 12.8. The number of hydrogen-bond donors (Lipinski definition) is 0. The minimum absolute atomic E-state index is 0.244. The van der Waals surface area contributed by atoms with Gasteiger partial charge in [0.15, 0.2) is 0 Å². The van der Waals surface area contributed by atoms with Gasteiger partial charge in [-0.1, -0.05) is 0 Å². The Kier molecular flexibility index (Phi) is 3.65. The highest BCUT2D eigenvalue weighted by Crippen LogP contribution is 2.25. The summed E-state index contributed by atoms with van der Waals surface area (Å²) in [6, 6.07) is 4.89. The van der Waals surface area contributed by atoms with E-state index in [1.165, 1.54) is 4.31 Å². The van der Waals surface area contributed by atoms with E-state index in [4.69, 9.17) is 4.74 Å². The van der Waals surface area contributed by atoms with Crippen LogP contribution in [-0.4, -0.2) is 41.1 Å². The zero-order chi connectivity index (χ0) is 15.9.